The summed E-state index contributed by atoms with van der Waals surface area (Å²) in [5.41, 5.74) is 1.66. The van der Waals surface area contributed by atoms with Gasteiger partial charge in [0.1, 0.15) is 12.4 Å². The molecule has 26 heavy (non-hydrogen) atoms. The van der Waals surface area contributed by atoms with Gasteiger partial charge in [0.2, 0.25) is 0 Å². The summed E-state index contributed by atoms with van der Waals surface area (Å²) in [7, 11) is 0. The van der Waals surface area contributed by atoms with Crippen LogP contribution in [0.2, 0.25) is 5.02 Å². The maximum Gasteiger partial charge on any atom is 0.414 e. The van der Waals surface area contributed by atoms with Gasteiger partial charge in [0.15, 0.2) is 6.10 Å². The number of carbonyl (C=O) groups is 2. The average Bonchev–Trinajstić information content (AvgIpc) is 3.00. The van der Waals surface area contributed by atoms with Crippen LogP contribution < -0.4 is 9.64 Å². The molecule has 0 spiro atoms. The second-order valence-electron chi connectivity index (χ2n) is 5.94. The van der Waals surface area contributed by atoms with Gasteiger partial charge in [-0.3, -0.25) is 9.69 Å². The minimum absolute atomic E-state index is 0.0960. The first-order chi connectivity index (χ1) is 12.5. The van der Waals surface area contributed by atoms with E-state index in [-0.39, 0.29) is 19.1 Å². The summed E-state index contributed by atoms with van der Waals surface area (Å²) in [5.74, 6) is -0.177. The number of rotatable bonds is 7. The Bertz CT molecular complexity index is 776. The number of benzene rings is 2. The van der Waals surface area contributed by atoms with E-state index in [4.69, 9.17) is 26.2 Å². The van der Waals surface area contributed by atoms with Crippen molar-refractivity contribution in [1.29, 1.82) is 0 Å². The highest BCUT2D eigenvalue weighted by Crippen LogP contribution is 2.24. The molecule has 0 radical (unpaired) electrons. The molecule has 1 saturated heterocycles. The van der Waals surface area contributed by atoms with Crippen molar-refractivity contribution in [2.45, 2.75) is 18.9 Å². The molecule has 1 heterocycles. The van der Waals surface area contributed by atoms with E-state index in [2.05, 4.69) is 0 Å². The highest BCUT2D eigenvalue weighted by atomic mass is 35.5. The van der Waals surface area contributed by atoms with Crippen LogP contribution in [0, 0.1) is 0 Å². The number of carboxylic acid groups (broad SMARTS) is 1. The first-order valence-corrected chi connectivity index (χ1v) is 8.56. The summed E-state index contributed by atoms with van der Waals surface area (Å²) in [5, 5.41) is 9.30. The quantitative estimate of drug-likeness (QED) is 0.797. The molecule has 2 aromatic rings. The molecule has 1 aliphatic rings. The fourth-order valence-corrected chi connectivity index (χ4v) is 2.76. The Morgan fingerprint density at radius 3 is 2.54 bits per heavy atom. The summed E-state index contributed by atoms with van der Waals surface area (Å²) in [6.07, 6.45) is -0.209. The van der Waals surface area contributed by atoms with E-state index in [0.717, 1.165) is 11.3 Å². The van der Waals surface area contributed by atoms with Crippen LogP contribution in [0.1, 0.15) is 12.0 Å². The lowest BCUT2D eigenvalue weighted by Gasteiger charge is -2.13. The van der Waals surface area contributed by atoms with Crippen molar-refractivity contribution in [3.05, 3.63) is 59.1 Å². The van der Waals surface area contributed by atoms with Gasteiger partial charge in [-0.2, -0.15) is 0 Å². The third kappa shape index (κ3) is 4.67. The molecule has 1 N–H and O–H groups in total. The lowest BCUT2D eigenvalue weighted by Crippen LogP contribution is -2.26. The molecule has 0 aliphatic carbocycles. The first-order valence-electron chi connectivity index (χ1n) is 8.18. The zero-order chi connectivity index (χ0) is 18.5. The van der Waals surface area contributed by atoms with E-state index in [1.54, 1.807) is 41.3 Å². The molecular formula is C19H18ClNO5. The highest BCUT2D eigenvalue weighted by Gasteiger charge is 2.32. The van der Waals surface area contributed by atoms with Crippen molar-refractivity contribution in [2.24, 2.45) is 0 Å². The molecule has 1 fully saturated rings. The number of carboxylic acids is 1. The van der Waals surface area contributed by atoms with Gasteiger partial charge in [-0.15, -0.1) is 0 Å². The molecule has 3 rings (SSSR count). The van der Waals surface area contributed by atoms with Crippen LogP contribution in [0.5, 0.6) is 5.75 Å². The summed E-state index contributed by atoms with van der Waals surface area (Å²) < 4.78 is 11.0. The third-order valence-corrected chi connectivity index (χ3v) is 4.25. The van der Waals surface area contributed by atoms with Crippen molar-refractivity contribution in [3.8, 4) is 5.75 Å². The number of cyclic esters (lactones) is 1. The van der Waals surface area contributed by atoms with Crippen LogP contribution in [0.15, 0.2) is 48.5 Å². The zero-order valence-electron chi connectivity index (χ0n) is 13.9. The predicted molar refractivity (Wildman–Crippen MR) is 97.0 cm³/mol. The van der Waals surface area contributed by atoms with Crippen LogP contribution in [-0.2, 0) is 16.0 Å². The molecule has 1 unspecified atom stereocenters. The third-order valence-electron chi connectivity index (χ3n) is 4.00. The maximum atomic E-state index is 12.0. The number of ether oxygens (including phenoxy) is 2. The Morgan fingerprint density at radius 1 is 1.19 bits per heavy atom. The highest BCUT2D eigenvalue weighted by molar-refractivity contribution is 6.30. The summed E-state index contributed by atoms with van der Waals surface area (Å²) in [6, 6.07) is 14.2. The van der Waals surface area contributed by atoms with Crippen molar-refractivity contribution in [2.75, 3.05) is 18.1 Å². The molecule has 1 aliphatic heterocycles. The van der Waals surface area contributed by atoms with E-state index < -0.39 is 12.1 Å². The fourth-order valence-electron chi connectivity index (χ4n) is 2.63. The smallest absolute Gasteiger partial charge is 0.414 e. The van der Waals surface area contributed by atoms with Crippen molar-refractivity contribution in [1.82, 2.24) is 0 Å². The molecule has 136 valence electrons. The number of hydrogen-bond acceptors (Lipinski definition) is 4. The van der Waals surface area contributed by atoms with Gasteiger partial charge in [0.25, 0.3) is 0 Å². The van der Waals surface area contributed by atoms with E-state index >= 15 is 0 Å². The molecule has 7 heteroatoms. The van der Waals surface area contributed by atoms with Gasteiger partial charge in [0.05, 0.1) is 6.54 Å². The second-order valence-corrected chi connectivity index (χ2v) is 6.38. The van der Waals surface area contributed by atoms with Gasteiger partial charge in [-0.1, -0.05) is 23.7 Å². The fraction of sp³-hybridized carbons (Fsp3) is 0.263. The Kier molecular flexibility index (Phi) is 5.63. The van der Waals surface area contributed by atoms with E-state index in [1.807, 2.05) is 12.1 Å². The van der Waals surface area contributed by atoms with E-state index in [9.17, 15) is 9.59 Å². The molecular weight excluding hydrogens is 358 g/mol. The summed E-state index contributed by atoms with van der Waals surface area (Å²) in [4.78, 5) is 24.1. The molecule has 0 saturated carbocycles. The molecule has 1 atom stereocenters. The molecule has 2 aromatic carbocycles. The molecule has 0 bridgehead atoms. The van der Waals surface area contributed by atoms with Gasteiger partial charge in [-0.05, 0) is 48.4 Å². The van der Waals surface area contributed by atoms with E-state index in [0.29, 0.717) is 23.7 Å². The Morgan fingerprint density at radius 2 is 1.88 bits per heavy atom. The SMILES string of the molecule is O=C(O)CCc1ccc(OCC2CN(c3ccc(Cl)cc3)C(=O)O2)cc1. The maximum absolute atomic E-state index is 12.0. The molecule has 1 amide bonds. The van der Waals surface area contributed by atoms with Crippen molar-refractivity contribution in [3.63, 3.8) is 0 Å². The van der Waals surface area contributed by atoms with Crippen LogP contribution >= 0.6 is 11.6 Å². The normalized spacial score (nSPS) is 16.4. The number of aryl methyl sites for hydroxylation is 1. The first kappa shape index (κ1) is 18.1. The number of amides is 1. The van der Waals surface area contributed by atoms with Crippen molar-refractivity contribution < 1.29 is 24.2 Å². The lowest BCUT2D eigenvalue weighted by atomic mass is 10.1. The second kappa shape index (κ2) is 8.10. The molecule has 6 nitrogen and oxygen atoms in total. The predicted octanol–water partition coefficient (Wildman–Crippen LogP) is 3.76. The number of halogens is 1. The lowest BCUT2D eigenvalue weighted by molar-refractivity contribution is -0.136. The van der Waals surface area contributed by atoms with Gasteiger partial charge in [0, 0.05) is 17.1 Å². The van der Waals surface area contributed by atoms with Gasteiger partial charge >= 0.3 is 12.1 Å². The summed E-state index contributed by atoms with van der Waals surface area (Å²) >= 11 is 5.86. The Balaban J connectivity index is 1.51. The van der Waals surface area contributed by atoms with E-state index in [1.165, 1.54) is 0 Å². The number of carbonyl (C=O) groups excluding carboxylic acids is 1. The minimum Gasteiger partial charge on any atom is -0.490 e. The Labute approximate surface area is 155 Å². The van der Waals surface area contributed by atoms with Gasteiger partial charge < -0.3 is 14.6 Å². The number of nitrogens with zero attached hydrogens (tertiary/aromatic N) is 1. The Hall–Kier alpha value is -2.73. The largest absolute Gasteiger partial charge is 0.490 e. The number of anilines is 1. The monoisotopic (exact) mass is 375 g/mol. The van der Waals surface area contributed by atoms with Crippen LogP contribution in [0.4, 0.5) is 10.5 Å². The zero-order valence-corrected chi connectivity index (χ0v) is 14.7. The van der Waals surface area contributed by atoms with Crippen LogP contribution in [0.3, 0.4) is 0 Å². The van der Waals surface area contributed by atoms with Gasteiger partial charge in [-0.25, -0.2) is 4.79 Å². The minimum atomic E-state index is -0.821. The average molecular weight is 376 g/mol. The standard InChI is InChI=1S/C19H18ClNO5/c20-14-4-6-15(7-5-14)21-11-17(26-19(21)24)12-25-16-8-1-13(2-9-16)3-10-18(22)23/h1-2,4-9,17H,3,10-12H2,(H,22,23). The summed E-state index contributed by atoms with van der Waals surface area (Å²) in [6.45, 7) is 0.640. The van der Waals surface area contributed by atoms with Crippen LogP contribution in [0.25, 0.3) is 0 Å². The van der Waals surface area contributed by atoms with Crippen LogP contribution in [-0.4, -0.2) is 36.4 Å². The molecule has 0 aromatic heterocycles. The van der Waals surface area contributed by atoms with Crippen molar-refractivity contribution >= 4 is 29.4 Å². The topological polar surface area (TPSA) is 76.1 Å². The number of hydrogen-bond donors (Lipinski definition) is 1. The number of aliphatic carboxylic acids is 1.